The normalized spacial score (nSPS) is 14.2. The molecular formula is C22H24BrN3O4. The summed E-state index contributed by atoms with van der Waals surface area (Å²) < 4.78 is 11.4. The van der Waals surface area contributed by atoms with E-state index in [0.29, 0.717) is 30.2 Å². The molecule has 0 saturated carbocycles. The lowest BCUT2D eigenvalue weighted by atomic mass is 10.1. The maximum Gasteiger partial charge on any atom is 0.270 e. The molecule has 7 nitrogen and oxygen atoms in total. The summed E-state index contributed by atoms with van der Waals surface area (Å²) in [7, 11) is 3.04. The minimum absolute atomic E-state index is 0.215. The standard InChI is InChI=1S/C22H24BrN3O4/c1-29-19-8-5-16(14-20(19)30-2)21(27)25-18(13-15-3-6-17(23)7-4-15)22(28)26-11-9-24-10-12-26/h3-8,13-14,24H,9-12H2,1-2H3,(H,25,27)/b18-13+. The molecule has 2 amide bonds. The Morgan fingerprint density at radius 2 is 1.70 bits per heavy atom. The molecule has 0 atom stereocenters. The molecule has 0 bridgehead atoms. The quantitative estimate of drug-likeness (QED) is 0.630. The first kappa shape index (κ1) is 21.9. The van der Waals surface area contributed by atoms with Gasteiger partial charge in [0.05, 0.1) is 14.2 Å². The predicted octanol–water partition coefficient (Wildman–Crippen LogP) is 2.67. The molecule has 0 unspecified atom stereocenters. The van der Waals surface area contributed by atoms with Crippen molar-refractivity contribution in [1.29, 1.82) is 0 Å². The summed E-state index contributed by atoms with van der Waals surface area (Å²) in [5.74, 6) is 0.352. The fourth-order valence-corrected chi connectivity index (χ4v) is 3.35. The molecule has 8 heteroatoms. The molecule has 158 valence electrons. The number of carbonyl (C=O) groups excluding carboxylic acids is 2. The summed E-state index contributed by atoms with van der Waals surface area (Å²) in [6.07, 6.45) is 1.69. The van der Waals surface area contributed by atoms with Gasteiger partial charge in [-0.05, 0) is 42.0 Å². The molecule has 1 heterocycles. The van der Waals surface area contributed by atoms with Crippen LogP contribution in [0.2, 0.25) is 0 Å². The average molecular weight is 474 g/mol. The van der Waals surface area contributed by atoms with E-state index in [9.17, 15) is 9.59 Å². The van der Waals surface area contributed by atoms with Crippen molar-refractivity contribution in [3.8, 4) is 11.5 Å². The number of methoxy groups -OCH3 is 2. The van der Waals surface area contributed by atoms with E-state index in [1.807, 2.05) is 24.3 Å². The Labute approximate surface area is 184 Å². The van der Waals surface area contributed by atoms with Crippen LogP contribution in [0.3, 0.4) is 0 Å². The van der Waals surface area contributed by atoms with Gasteiger partial charge in [-0.3, -0.25) is 9.59 Å². The Morgan fingerprint density at radius 1 is 1.03 bits per heavy atom. The lowest BCUT2D eigenvalue weighted by molar-refractivity contribution is -0.127. The number of nitrogens with one attached hydrogen (secondary N) is 2. The van der Waals surface area contributed by atoms with Crippen LogP contribution in [0.4, 0.5) is 0 Å². The van der Waals surface area contributed by atoms with Crippen LogP contribution < -0.4 is 20.1 Å². The molecule has 2 N–H and O–H groups in total. The second-order valence-corrected chi connectivity index (χ2v) is 7.59. The summed E-state index contributed by atoms with van der Waals surface area (Å²) in [5, 5.41) is 6.01. The number of nitrogens with zero attached hydrogens (tertiary/aromatic N) is 1. The first-order chi connectivity index (χ1) is 14.5. The highest BCUT2D eigenvalue weighted by Gasteiger charge is 2.22. The number of hydrogen-bond acceptors (Lipinski definition) is 5. The third kappa shape index (κ3) is 5.40. The maximum absolute atomic E-state index is 13.1. The van der Waals surface area contributed by atoms with Gasteiger partial charge < -0.3 is 25.0 Å². The van der Waals surface area contributed by atoms with Gasteiger partial charge in [0.2, 0.25) is 0 Å². The first-order valence-corrected chi connectivity index (χ1v) is 10.3. The summed E-state index contributed by atoms with van der Waals surface area (Å²) in [6, 6.07) is 12.4. The number of ether oxygens (including phenoxy) is 2. The summed E-state index contributed by atoms with van der Waals surface area (Å²) >= 11 is 3.40. The topological polar surface area (TPSA) is 79.9 Å². The van der Waals surface area contributed by atoms with E-state index in [-0.39, 0.29) is 11.6 Å². The van der Waals surface area contributed by atoms with Gasteiger partial charge in [-0.25, -0.2) is 0 Å². The molecular weight excluding hydrogens is 450 g/mol. The van der Waals surface area contributed by atoms with E-state index >= 15 is 0 Å². The van der Waals surface area contributed by atoms with Gasteiger partial charge >= 0.3 is 0 Å². The smallest absolute Gasteiger partial charge is 0.270 e. The Hall–Kier alpha value is -2.84. The molecule has 0 radical (unpaired) electrons. The Balaban J connectivity index is 1.88. The molecule has 1 aliphatic heterocycles. The van der Waals surface area contributed by atoms with Gasteiger partial charge in [0.25, 0.3) is 11.8 Å². The van der Waals surface area contributed by atoms with E-state index in [0.717, 1.165) is 23.1 Å². The molecule has 1 fully saturated rings. The number of amides is 2. The van der Waals surface area contributed by atoms with Crippen LogP contribution in [0, 0.1) is 0 Å². The van der Waals surface area contributed by atoms with Gasteiger partial charge in [0.15, 0.2) is 11.5 Å². The Morgan fingerprint density at radius 3 is 2.33 bits per heavy atom. The molecule has 30 heavy (non-hydrogen) atoms. The molecule has 3 rings (SSSR count). The second-order valence-electron chi connectivity index (χ2n) is 6.68. The van der Waals surface area contributed by atoms with Crippen LogP contribution in [0.1, 0.15) is 15.9 Å². The first-order valence-electron chi connectivity index (χ1n) is 9.52. The highest BCUT2D eigenvalue weighted by molar-refractivity contribution is 9.10. The van der Waals surface area contributed by atoms with Crippen LogP contribution in [0.15, 0.2) is 52.6 Å². The van der Waals surface area contributed by atoms with Crippen LogP contribution in [0.25, 0.3) is 6.08 Å². The highest BCUT2D eigenvalue weighted by Crippen LogP contribution is 2.27. The van der Waals surface area contributed by atoms with E-state index in [2.05, 4.69) is 26.6 Å². The molecule has 0 aliphatic carbocycles. The van der Waals surface area contributed by atoms with Gasteiger partial charge in [-0.15, -0.1) is 0 Å². The average Bonchev–Trinajstić information content (AvgIpc) is 2.79. The van der Waals surface area contributed by atoms with Crippen LogP contribution >= 0.6 is 15.9 Å². The van der Waals surface area contributed by atoms with Crippen LogP contribution in [-0.4, -0.2) is 57.1 Å². The van der Waals surface area contributed by atoms with Crippen molar-refractivity contribution in [2.75, 3.05) is 40.4 Å². The Kier molecular flexibility index (Phi) is 7.48. The largest absolute Gasteiger partial charge is 0.493 e. The van der Waals surface area contributed by atoms with Crippen molar-refractivity contribution >= 4 is 33.8 Å². The SMILES string of the molecule is COc1ccc(C(=O)N/C(=C/c2ccc(Br)cc2)C(=O)N2CCNCC2)cc1OC. The van der Waals surface area contributed by atoms with E-state index in [4.69, 9.17) is 9.47 Å². The van der Waals surface area contributed by atoms with Gasteiger partial charge in [-0.1, -0.05) is 28.1 Å². The van der Waals surface area contributed by atoms with Crippen molar-refractivity contribution in [1.82, 2.24) is 15.5 Å². The van der Waals surface area contributed by atoms with Crippen molar-refractivity contribution < 1.29 is 19.1 Å². The van der Waals surface area contributed by atoms with Crippen molar-refractivity contribution in [2.45, 2.75) is 0 Å². The summed E-state index contributed by atoms with van der Waals surface area (Å²) in [6.45, 7) is 2.62. The lowest BCUT2D eigenvalue weighted by Crippen LogP contribution is -2.48. The lowest BCUT2D eigenvalue weighted by Gasteiger charge is -2.28. The van der Waals surface area contributed by atoms with Crippen LogP contribution in [-0.2, 0) is 4.79 Å². The molecule has 1 saturated heterocycles. The fourth-order valence-electron chi connectivity index (χ4n) is 3.09. The number of rotatable bonds is 6. The monoisotopic (exact) mass is 473 g/mol. The number of carbonyl (C=O) groups is 2. The van der Waals surface area contributed by atoms with Crippen molar-refractivity contribution in [2.24, 2.45) is 0 Å². The van der Waals surface area contributed by atoms with Crippen LogP contribution in [0.5, 0.6) is 11.5 Å². The van der Waals surface area contributed by atoms with E-state index in [1.165, 1.54) is 14.2 Å². The number of piperazine rings is 1. The van der Waals surface area contributed by atoms with Crippen molar-refractivity contribution in [3.05, 3.63) is 63.8 Å². The molecule has 0 spiro atoms. The number of hydrogen-bond donors (Lipinski definition) is 2. The third-order valence-electron chi connectivity index (χ3n) is 4.71. The maximum atomic E-state index is 13.1. The molecule has 2 aromatic carbocycles. The minimum atomic E-state index is -0.400. The minimum Gasteiger partial charge on any atom is -0.493 e. The van der Waals surface area contributed by atoms with Gasteiger partial charge in [0, 0.05) is 36.2 Å². The summed E-state index contributed by atoms with van der Waals surface area (Å²) in [5.41, 5.74) is 1.39. The fraction of sp³-hybridized carbons (Fsp3) is 0.273. The third-order valence-corrected chi connectivity index (χ3v) is 5.24. The zero-order valence-electron chi connectivity index (χ0n) is 16.9. The number of halogens is 1. The van der Waals surface area contributed by atoms with Crippen molar-refractivity contribution in [3.63, 3.8) is 0 Å². The zero-order valence-corrected chi connectivity index (χ0v) is 18.5. The molecule has 1 aliphatic rings. The van der Waals surface area contributed by atoms with Gasteiger partial charge in [0.1, 0.15) is 5.70 Å². The predicted molar refractivity (Wildman–Crippen MR) is 119 cm³/mol. The molecule has 0 aromatic heterocycles. The zero-order chi connectivity index (χ0) is 21.5. The molecule has 2 aromatic rings. The van der Waals surface area contributed by atoms with E-state index in [1.54, 1.807) is 29.2 Å². The highest BCUT2D eigenvalue weighted by atomic mass is 79.9. The summed E-state index contributed by atoms with van der Waals surface area (Å²) in [4.78, 5) is 27.8. The number of benzene rings is 2. The van der Waals surface area contributed by atoms with E-state index < -0.39 is 5.91 Å². The van der Waals surface area contributed by atoms with Gasteiger partial charge in [-0.2, -0.15) is 0 Å². The second kappa shape index (κ2) is 10.3. The Bertz CT molecular complexity index is 938.